The Morgan fingerprint density at radius 3 is 2.43 bits per heavy atom. The number of ether oxygens (including phenoxy) is 2. The molecule has 0 aliphatic rings. The van der Waals surface area contributed by atoms with Crippen molar-refractivity contribution in [2.24, 2.45) is 7.05 Å². The summed E-state index contributed by atoms with van der Waals surface area (Å²) >= 11 is 0. The second-order valence-electron chi connectivity index (χ2n) is 7.66. The Bertz CT molecular complexity index is 845. The van der Waals surface area contributed by atoms with E-state index in [1.165, 1.54) is 0 Å². The molecule has 0 aliphatic heterocycles. The van der Waals surface area contributed by atoms with Crippen LogP contribution < -0.4 is 4.90 Å². The van der Waals surface area contributed by atoms with E-state index in [0.29, 0.717) is 29.9 Å². The number of nitrogens with zero attached hydrogens (tertiary/aromatic N) is 3. The van der Waals surface area contributed by atoms with E-state index in [1.54, 1.807) is 38.6 Å². The first-order valence-electron chi connectivity index (χ1n) is 9.41. The van der Waals surface area contributed by atoms with E-state index >= 15 is 0 Å². The highest BCUT2D eigenvalue weighted by atomic mass is 16.6. The third kappa shape index (κ3) is 4.94. The molecule has 2 rings (SSSR count). The molecule has 0 unspecified atom stereocenters. The second-order valence-corrected chi connectivity index (χ2v) is 7.66. The molecule has 2 heterocycles. The minimum absolute atomic E-state index is 0.251. The summed E-state index contributed by atoms with van der Waals surface area (Å²) < 4.78 is 12.5. The fourth-order valence-electron chi connectivity index (χ4n) is 3.00. The van der Waals surface area contributed by atoms with Gasteiger partial charge in [-0.15, -0.1) is 0 Å². The summed E-state index contributed by atoms with van der Waals surface area (Å²) in [6.45, 7) is 9.83. The van der Waals surface area contributed by atoms with Crippen LogP contribution in [0.3, 0.4) is 0 Å². The van der Waals surface area contributed by atoms with Crippen molar-refractivity contribution >= 4 is 17.8 Å². The first kappa shape index (κ1) is 21.5. The average molecular weight is 390 g/mol. The molecule has 0 fully saturated rings. The van der Waals surface area contributed by atoms with Gasteiger partial charge in [0.05, 0.1) is 12.8 Å². The van der Waals surface area contributed by atoms with Crippen LogP contribution in [-0.2, 0) is 29.5 Å². The van der Waals surface area contributed by atoms with Crippen molar-refractivity contribution in [3.05, 3.63) is 34.8 Å². The van der Waals surface area contributed by atoms with E-state index in [2.05, 4.69) is 10.1 Å². The molecule has 0 bridgehead atoms. The molecule has 0 saturated heterocycles. The summed E-state index contributed by atoms with van der Waals surface area (Å²) in [6.07, 6.45) is 4.15. The Hall–Kier alpha value is -2.77. The van der Waals surface area contributed by atoms with Crippen molar-refractivity contribution < 1.29 is 19.1 Å². The average Bonchev–Trinajstić information content (AvgIpc) is 3.16. The zero-order valence-electron chi connectivity index (χ0n) is 17.8. The van der Waals surface area contributed by atoms with Crippen LogP contribution in [0.15, 0.2) is 12.4 Å². The van der Waals surface area contributed by atoms with Gasteiger partial charge >= 0.3 is 11.9 Å². The number of esters is 2. The van der Waals surface area contributed by atoms with Crippen molar-refractivity contribution in [2.75, 3.05) is 18.6 Å². The van der Waals surface area contributed by atoms with Gasteiger partial charge in [0.25, 0.3) is 0 Å². The third-order valence-electron chi connectivity index (χ3n) is 4.08. The summed E-state index contributed by atoms with van der Waals surface area (Å²) in [4.78, 5) is 30.4. The Kier molecular flexibility index (Phi) is 6.53. The van der Waals surface area contributed by atoms with Gasteiger partial charge in [-0.1, -0.05) is 6.92 Å². The van der Waals surface area contributed by atoms with Crippen LogP contribution in [0, 0.1) is 0 Å². The van der Waals surface area contributed by atoms with Gasteiger partial charge in [-0.2, -0.15) is 5.10 Å². The van der Waals surface area contributed by atoms with Gasteiger partial charge in [-0.05, 0) is 34.1 Å². The number of aromatic amines is 1. The van der Waals surface area contributed by atoms with Crippen LogP contribution in [-0.4, -0.2) is 46.0 Å². The number of H-pyrrole nitrogens is 1. The predicted molar refractivity (Wildman–Crippen MR) is 107 cm³/mol. The lowest BCUT2D eigenvalue weighted by Crippen LogP contribution is -2.25. The van der Waals surface area contributed by atoms with Crippen molar-refractivity contribution in [1.29, 1.82) is 0 Å². The molecule has 2 aromatic heterocycles. The van der Waals surface area contributed by atoms with Crippen molar-refractivity contribution in [3.8, 4) is 0 Å². The van der Waals surface area contributed by atoms with Gasteiger partial charge in [-0.3, -0.25) is 4.68 Å². The van der Waals surface area contributed by atoms with E-state index in [1.807, 2.05) is 32.1 Å². The lowest BCUT2D eigenvalue weighted by molar-refractivity contribution is 0.00624. The lowest BCUT2D eigenvalue weighted by atomic mass is 10.1. The summed E-state index contributed by atoms with van der Waals surface area (Å²) in [5.41, 5.74) is 1.59. The van der Waals surface area contributed by atoms with Crippen LogP contribution in [0.5, 0.6) is 0 Å². The van der Waals surface area contributed by atoms with Crippen LogP contribution in [0.25, 0.3) is 0 Å². The van der Waals surface area contributed by atoms with E-state index in [0.717, 1.165) is 5.56 Å². The van der Waals surface area contributed by atoms with Gasteiger partial charge in [0.2, 0.25) is 0 Å². The maximum absolute atomic E-state index is 12.7. The molecular formula is C20H30N4O4. The highest BCUT2D eigenvalue weighted by molar-refractivity contribution is 6.02. The Morgan fingerprint density at radius 2 is 1.93 bits per heavy atom. The van der Waals surface area contributed by atoms with Crippen LogP contribution in [0.1, 0.15) is 66.6 Å². The van der Waals surface area contributed by atoms with Crippen molar-refractivity contribution in [2.45, 2.75) is 53.2 Å². The fourth-order valence-corrected chi connectivity index (χ4v) is 3.00. The molecular weight excluding hydrogens is 360 g/mol. The van der Waals surface area contributed by atoms with E-state index in [4.69, 9.17) is 9.47 Å². The van der Waals surface area contributed by atoms with E-state index in [-0.39, 0.29) is 12.3 Å². The molecule has 0 radical (unpaired) electrons. The minimum Gasteiger partial charge on any atom is -0.462 e. The monoisotopic (exact) mass is 390 g/mol. The van der Waals surface area contributed by atoms with Crippen LogP contribution >= 0.6 is 0 Å². The first-order valence-corrected chi connectivity index (χ1v) is 9.41. The molecule has 1 N–H and O–H groups in total. The molecule has 0 atom stereocenters. The summed E-state index contributed by atoms with van der Waals surface area (Å²) in [6, 6.07) is 0. The first-order chi connectivity index (χ1) is 13.1. The molecule has 0 aliphatic carbocycles. The molecule has 8 heteroatoms. The van der Waals surface area contributed by atoms with Gasteiger partial charge in [-0.25, -0.2) is 9.59 Å². The normalized spacial score (nSPS) is 11.4. The minimum atomic E-state index is -0.640. The molecule has 8 nitrogen and oxygen atoms in total. The quantitative estimate of drug-likeness (QED) is 0.731. The van der Waals surface area contributed by atoms with Crippen LogP contribution in [0.4, 0.5) is 5.82 Å². The molecule has 0 spiro atoms. The number of aryl methyl sites for hydroxylation is 1. The molecule has 0 aromatic carbocycles. The zero-order chi connectivity index (χ0) is 21.1. The largest absolute Gasteiger partial charge is 0.462 e. The number of anilines is 1. The van der Waals surface area contributed by atoms with Crippen molar-refractivity contribution in [1.82, 2.24) is 14.8 Å². The molecule has 28 heavy (non-hydrogen) atoms. The Balaban J connectivity index is 2.49. The standard InChI is InChI=1S/C20H30N4O4/c1-8-14-15(18(25)27-9-2)17(22-16(14)19(26)28-20(3,4)5)23(6)11-13-10-21-24(7)12-13/h10,12,22H,8-9,11H2,1-7H3. The van der Waals surface area contributed by atoms with E-state index in [9.17, 15) is 9.59 Å². The van der Waals surface area contributed by atoms with Crippen molar-refractivity contribution in [3.63, 3.8) is 0 Å². The van der Waals surface area contributed by atoms with Gasteiger partial charge in [0.1, 0.15) is 22.7 Å². The summed E-state index contributed by atoms with van der Waals surface area (Å²) in [5, 5.41) is 4.17. The fraction of sp³-hybridized carbons (Fsp3) is 0.550. The summed E-state index contributed by atoms with van der Waals surface area (Å²) in [7, 11) is 3.69. The maximum Gasteiger partial charge on any atom is 0.355 e. The number of rotatable bonds is 7. The van der Waals surface area contributed by atoms with Gasteiger partial charge in [0, 0.05) is 38.0 Å². The van der Waals surface area contributed by atoms with Gasteiger partial charge in [0.15, 0.2) is 0 Å². The molecule has 0 amide bonds. The third-order valence-corrected chi connectivity index (χ3v) is 4.08. The number of hydrogen-bond donors (Lipinski definition) is 1. The highest BCUT2D eigenvalue weighted by Crippen LogP contribution is 2.30. The number of aromatic nitrogens is 3. The molecule has 154 valence electrons. The Labute approximate surface area is 165 Å². The number of carbonyl (C=O) groups is 2. The van der Waals surface area contributed by atoms with Gasteiger partial charge < -0.3 is 19.4 Å². The lowest BCUT2D eigenvalue weighted by Gasteiger charge is -2.19. The maximum atomic E-state index is 12.7. The molecule has 2 aromatic rings. The smallest absolute Gasteiger partial charge is 0.355 e. The number of nitrogens with one attached hydrogen (secondary N) is 1. The Morgan fingerprint density at radius 1 is 1.25 bits per heavy atom. The predicted octanol–water partition coefficient (Wildman–Crippen LogP) is 3.08. The van der Waals surface area contributed by atoms with E-state index < -0.39 is 17.5 Å². The zero-order valence-corrected chi connectivity index (χ0v) is 17.8. The number of hydrogen-bond acceptors (Lipinski definition) is 6. The summed E-state index contributed by atoms with van der Waals surface area (Å²) in [5.74, 6) is -0.422. The molecule has 0 saturated carbocycles. The number of carbonyl (C=O) groups excluding carboxylic acids is 2. The van der Waals surface area contributed by atoms with Crippen LogP contribution in [0.2, 0.25) is 0 Å². The SMILES string of the molecule is CCOC(=O)c1c(N(C)Cc2cnn(C)c2)[nH]c(C(=O)OC(C)(C)C)c1CC. The second kappa shape index (κ2) is 8.50. The topological polar surface area (TPSA) is 89.5 Å². The highest BCUT2D eigenvalue weighted by Gasteiger charge is 2.30.